The number of rotatable bonds is 6. The predicted molar refractivity (Wildman–Crippen MR) is 120 cm³/mol. The summed E-state index contributed by atoms with van der Waals surface area (Å²) < 4.78 is 1.16. The summed E-state index contributed by atoms with van der Waals surface area (Å²) in [5.41, 5.74) is 2.87. The van der Waals surface area contributed by atoms with Crippen molar-refractivity contribution in [1.82, 2.24) is 9.88 Å². The van der Waals surface area contributed by atoms with E-state index in [4.69, 9.17) is 0 Å². The van der Waals surface area contributed by atoms with Crippen molar-refractivity contribution in [2.45, 2.75) is 13.5 Å². The fourth-order valence-corrected chi connectivity index (χ4v) is 4.81. The number of nitrogens with one attached hydrogen (secondary N) is 1. The average Bonchev–Trinajstić information content (AvgIpc) is 3.16. The summed E-state index contributed by atoms with van der Waals surface area (Å²) in [4.78, 5) is 34.2. The summed E-state index contributed by atoms with van der Waals surface area (Å²) in [5.74, 6) is 0.243. The van der Waals surface area contributed by atoms with E-state index in [1.807, 2.05) is 49.5 Å². The maximum Gasteiger partial charge on any atom is 0.277 e. The number of anilines is 1. The number of Topliss-reactive ketones (excluding diaryl/α,β-unsaturated/α-hetero) is 1. The molecule has 0 atom stereocenters. The van der Waals surface area contributed by atoms with Gasteiger partial charge < -0.3 is 14.7 Å². The van der Waals surface area contributed by atoms with Gasteiger partial charge in [-0.05, 0) is 43.3 Å². The van der Waals surface area contributed by atoms with Gasteiger partial charge in [-0.3, -0.25) is 9.59 Å². The van der Waals surface area contributed by atoms with Gasteiger partial charge in [-0.15, -0.1) is 11.3 Å². The van der Waals surface area contributed by atoms with Crippen molar-refractivity contribution in [3.8, 4) is 0 Å². The number of aromatic nitrogens is 1. The van der Waals surface area contributed by atoms with E-state index in [1.165, 1.54) is 4.90 Å². The van der Waals surface area contributed by atoms with Gasteiger partial charge >= 0.3 is 0 Å². The largest absolute Gasteiger partial charge is 0.360 e. The minimum absolute atomic E-state index is 0.0873. The zero-order chi connectivity index (χ0) is 21.1. The lowest BCUT2D eigenvalue weighted by Gasteiger charge is -2.34. The molecule has 0 aliphatic carbocycles. The second-order valence-electron chi connectivity index (χ2n) is 7.84. The van der Waals surface area contributed by atoms with Crippen LogP contribution in [-0.4, -0.2) is 61.3 Å². The van der Waals surface area contributed by atoms with Gasteiger partial charge in [-0.2, -0.15) is 0 Å². The van der Waals surface area contributed by atoms with Crippen LogP contribution in [0.4, 0.5) is 5.69 Å². The lowest BCUT2D eigenvalue weighted by atomic mass is 10.1. The Morgan fingerprint density at radius 2 is 1.80 bits per heavy atom. The molecule has 1 N–H and O–H groups in total. The van der Waals surface area contributed by atoms with Gasteiger partial charge in [0, 0.05) is 18.3 Å². The second-order valence-corrected chi connectivity index (χ2v) is 8.96. The number of amides is 1. The maximum atomic E-state index is 12.7. The van der Waals surface area contributed by atoms with E-state index < -0.39 is 0 Å². The van der Waals surface area contributed by atoms with Gasteiger partial charge in [0.05, 0.1) is 42.9 Å². The SMILES string of the molecule is CC(=O)c1ccc(N2CC[NH+](CC(=O)N(C)Cc3nc4ccccc4s3)CC2)cc1. The molecule has 0 saturated carbocycles. The second kappa shape index (κ2) is 8.93. The van der Waals surface area contributed by atoms with Crippen LogP contribution in [0.5, 0.6) is 0 Å². The third kappa shape index (κ3) is 4.68. The van der Waals surface area contributed by atoms with Crippen molar-refractivity contribution in [1.29, 1.82) is 0 Å². The Labute approximate surface area is 180 Å². The number of carbonyl (C=O) groups excluding carboxylic acids is 2. The van der Waals surface area contributed by atoms with Crippen molar-refractivity contribution in [3.05, 3.63) is 59.1 Å². The van der Waals surface area contributed by atoms with Crippen LogP contribution in [0.3, 0.4) is 0 Å². The molecular formula is C23H27N4O2S+. The number of carbonyl (C=O) groups is 2. The average molecular weight is 424 g/mol. The molecule has 1 fully saturated rings. The Morgan fingerprint density at radius 3 is 2.47 bits per heavy atom. The molecule has 1 aliphatic heterocycles. The van der Waals surface area contributed by atoms with Crippen molar-refractivity contribution < 1.29 is 14.5 Å². The summed E-state index contributed by atoms with van der Waals surface area (Å²) in [6, 6.07) is 15.9. The van der Waals surface area contributed by atoms with Crippen molar-refractivity contribution in [2.75, 3.05) is 44.7 Å². The lowest BCUT2D eigenvalue weighted by Crippen LogP contribution is -3.15. The predicted octanol–water partition coefficient (Wildman–Crippen LogP) is 1.86. The Bertz CT molecular complexity index is 1010. The summed E-state index contributed by atoms with van der Waals surface area (Å²) in [6.45, 7) is 6.32. The number of hydrogen-bond donors (Lipinski definition) is 1. The summed E-state index contributed by atoms with van der Waals surface area (Å²) in [7, 11) is 1.86. The van der Waals surface area contributed by atoms with Gasteiger partial charge in [0.25, 0.3) is 5.91 Å². The van der Waals surface area contributed by atoms with E-state index in [2.05, 4.69) is 16.0 Å². The summed E-state index contributed by atoms with van der Waals surface area (Å²) >= 11 is 1.65. The maximum absolute atomic E-state index is 12.7. The number of fused-ring (bicyclic) bond motifs is 1. The Hall–Kier alpha value is -2.77. The molecule has 4 rings (SSSR count). The molecule has 1 amide bonds. The molecule has 2 heterocycles. The molecule has 7 heteroatoms. The molecular weight excluding hydrogens is 396 g/mol. The molecule has 6 nitrogen and oxygen atoms in total. The first-order chi connectivity index (χ1) is 14.5. The van der Waals surface area contributed by atoms with Crippen LogP contribution in [-0.2, 0) is 11.3 Å². The van der Waals surface area contributed by atoms with Crippen molar-refractivity contribution >= 4 is 38.9 Å². The normalized spacial score (nSPS) is 14.8. The third-order valence-corrected chi connectivity index (χ3v) is 6.67. The highest BCUT2D eigenvalue weighted by atomic mass is 32.1. The van der Waals surface area contributed by atoms with Crippen LogP contribution in [0, 0.1) is 0 Å². The molecule has 0 spiro atoms. The Balaban J connectivity index is 1.27. The highest BCUT2D eigenvalue weighted by Gasteiger charge is 2.24. The standard InChI is InChI=1S/C23H26N4O2S/c1-17(28)18-7-9-19(10-8-18)27-13-11-26(12-14-27)16-23(29)25(2)15-22-24-20-5-3-4-6-21(20)30-22/h3-10H,11-16H2,1-2H3/p+1. The first-order valence-corrected chi connectivity index (χ1v) is 11.1. The molecule has 0 bridgehead atoms. The molecule has 3 aromatic rings. The molecule has 2 aromatic carbocycles. The van der Waals surface area contributed by atoms with Crippen LogP contribution in [0.25, 0.3) is 10.2 Å². The molecule has 0 radical (unpaired) electrons. The van der Waals surface area contributed by atoms with Crippen LogP contribution in [0.15, 0.2) is 48.5 Å². The molecule has 156 valence electrons. The molecule has 1 saturated heterocycles. The number of piperazine rings is 1. The number of likely N-dealkylation sites (N-methyl/N-ethyl adjacent to an activating group) is 1. The van der Waals surface area contributed by atoms with Crippen LogP contribution >= 0.6 is 11.3 Å². The smallest absolute Gasteiger partial charge is 0.277 e. The monoisotopic (exact) mass is 423 g/mol. The van der Waals surface area contributed by atoms with E-state index in [0.717, 1.165) is 52.7 Å². The minimum Gasteiger partial charge on any atom is -0.360 e. The topological polar surface area (TPSA) is 58.0 Å². The van der Waals surface area contributed by atoms with Crippen LogP contribution < -0.4 is 9.80 Å². The highest BCUT2D eigenvalue weighted by molar-refractivity contribution is 7.18. The fourth-order valence-electron chi connectivity index (χ4n) is 3.79. The quantitative estimate of drug-likeness (QED) is 0.615. The molecule has 1 aromatic heterocycles. The third-order valence-electron chi connectivity index (χ3n) is 5.65. The Morgan fingerprint density at radius 1 is 1.10 bits per heavy atom. The van der Waals surface area contributed by atoms with Crippen LogP contribution in [0.2, 0.25) is 0 Å². The van der Waals surface area contributed by atoms with E-state index in [1.54, 1.807) is 23.2 Å². The summed E-state index contributed by atoms with van der Waals surface area (Å²) in [6.07, 6.45) is 0. The van der Waals surface area contributed by atoms with Gasteiger partial charge in [-0.1, -0.05) is 12.1 Å². The number of thiazole rings is 1. The number of quaternary nitrogens is 1. The molecule has 1 aliphatic rings. The molecule has 30 heavy (non-hydrogen) atoms. The minimum atomic E-state index is 0.0873. The first-order valence-electron chi connectivity index (χ1n) is 10.3. The van der Waals surface area contributed by atoms with Crippen molar-refractivity contribution in [2.24, 2.45) is 0 Å². The zero-order valence-corrected chi connectivity index (χ0v) is 18.2. The number of para-hydroxylation sites is 1. The van der Waals surface area contributed by atoms with E-state index >= 15 is 0 Å². The number of nitrogens with zero attached hydrogens (tertiary/aromatic N) is 3. The van der Waals surface area contributed by atoms with E-state index in [-0.39, 0.29) is 11.7 Å². The van der Waals surface area contributed by atoms with Crippen LogP contribution in [0.1, 0.15) is 22.3 Å². The van der Waals surface area contributed by atoms with E-state index in [0.29, 0.717) is 13.1 Å². The van der Waals surface area contributed by atoms with Gasteiger partial charge in [0.15, 0.2) is 12.3 Å². The first kappa shape index (κ1) is 20.5. The van der Waals surface area contributed by atoms with Gasteiger partial charge in [0.2, 0.25) is 0 Å². The lowest BCUT2D eigenvalue weighted by molar-refractivity contribution is -0.892. The Kier molecular flexibility index (Phi) is 6.11. The fraction of sp³-hybridized carbons (Fsp3) is 0.348. The number of hydrogen-bond acceptors (Lipinski definition) is 5. The van der Waals surface area contributed by atoms with E-state index in [9.17, 15) is 9.59 Å². The molecule has 0 unspecified atom stereocenters. The number of ketones is 1. The highest BCUT2D eigenvalue weighted by Crippen LogP contribution is 2.22. The van der Waals surface area contributed by atoms with Gasteiger partial charge in [-0.25, -0.2) is 4.98 Å². The number of benzene rings is 2. The zero-order valence-electron chi connectivity index (χ0n) is 17.4. The van der Waals surface area contributed by atoms with Gasteiger partial charge in [0.1, 0.15) is 5.01 Å². The summed E-state index contributed by atoms with van der Waals surface area (Å²) in [5, 5.41) is 0.973. The van der Waals surface area contributed by atoms with Crippen molar-refractivity contribution in [3.63, 3.8) is 0 Å².